The molecular weight excluding hydrogens is 432 g/mol. The van der Waals surface area contributed by atoms with E-state index in [2.05, 4.69) is 63.7 Å². The Hall–Kier alpha value is 1.88. The summed E-state index contributed by atoms with van der Waals surface area (Å²) in [5.74, 6) is 0. The van der Waals surface area contributed by atoms with Gasteiger partial charge < -0.3 is 4.74 Å². The van der Waals surface area contributed by atoms with Gasteiger partial charge in [0.05, 0.1) is 18.7 Å². The molecule has 0 bridgehead atoms. The second kappa shape index (κ2) is 5.28. The Labute approximate surface area is 114 Å². The van der Waals surface area contributed by atoms with Gasteiger partial charge in [-0.25, -0.2) is 0 Å². The molecule has 0 unspecified atom stereocenters. The van der Waals surface area contributed by atoms with E-state index in [0.29, 0.717) is 0 Å². The number of hydrogen-bond acceptors (Lipinski definition) is 1. The summed E-state index contributed by atoms with van der Waals surface area (Å²) in [7, 11) is 0. The first kappa shape index (κ1) is 14.9. The van der Waals surface area contributed by atoms with Crippen molar-refractivity contribution in [3.63, 3.8) is 0 Å². The van der Waals surface area contributed by atoms with Crippen LogP contribution < -0.4 is 0 Å². The predicted octanol–water partition coefficient (Wildman–Crippen LogP) is 4.79. The van der Waals surface area contributed by atoms with Crippen molar-refractivity contribution in [2.45, 2.75) is 46.4 Å². The molecule has 5 heteroatoms. The van der Waals surface area contributed by atoms with Crippen molar-refractivity contribution in [1.82, 2.24) is 0 Å². The molecule has 0 aliphatic rings. The smallest absolute Gasteiger partial charge is 0.0981 e. The largest absolute Gasteiger partial charge is 0.366 e. The Morgan fingerprint density at radius 1 is 0.769 bits per heavy atom. The minimum Gasteiger partial charge on any atom is -0.366 e. The van der Waals surface area contributed by atoms with Gasteiger partial charge in [-0.1, -0.05) is 63.7 Å². The molecular formula is C8H14Br4O. The Balaban J connectivity index is 4.42. The van der Waals surface area contributed by atoms with Crippen molar-refractivity contribution in [2.24, 2.45) is 0 Å². The third-order valence-electron chi connectivity index (χ3n) is 1.58. The van der Waals surface area contributed by atoms with Crippen molar-refractivity contribution in [3.8, 4) is 0 Å². The fourth-order valence-corrected chi connectivity index (χ4v) is 1.14. The van der Waals surface area contributed by atoms with Crippen molar-refractivity contribution in [3.05, 3.63) is 0 Å². The van der Waals surface area contributed by atoms with Crippen LogP contribution in [0.15, 0.2) is 0 Å². The highest BCUT2D eigenvalue weighted by Crippen LogP contribution is 2.36. The van der Waals surface area contributed by atoms with E-state index < -0.39 is 0 Å². The molecule has 0 amide bonds. The van der Waals surface area contributed by atoms with Gasteiger partial charge in [-0.2, -0.15) is 0 Å². The van der Waals surface area contributed by atoms with Gasteiger partial charge in [0.15, 0.2) is 0 Å². The van der Waals surface area contributed by atoms with Crippen molar-refractivity contribution in [1.29, 1.82) is 0 Å². The molecule has 0 aliphatic carbocycles. The minimum atomic E-state index is -0.261. The molecule has 0 saturated carbocycles. The van der Waals surface area contributed by atoms with Crippen LogP contribution in [0, 0.1) is 0 Å². The molecule has 0 aliphatic heterocycles. The van der Waals surface area contributed by atoms with Gasteiger partial charge in [-0.3, -0.25) is 0 Å². The average molecular weight is 446 g/mol. The number of rotatable bonds is 4. The van der Waals surface area contributed by atoms with Crippen LogP contribution in [0.25, 0.3) is 0 Å². The molecule has 13 heavy (non-hydrogen) atoms. The molecule has 0 radical (unpaired) electrons. The second-order valence-corrected chi connectivity index (χ2v) is 10.0. The summed E-state index contributed by atoms with van der Waals surface area (Å²) in [5, 5.41) is 0. The molecule has 0 atom stereocenters. The maximum Gasteiger partial charge on any atom is 0.0981 e. The van der Waals surface area contributed by atoms with Crippen LogP contribution in [0.5, 0.6) is 0 Å². The van der Waals surface area contributed by atoms with E-state index in [1.165, 1.54) is 0 Å². The van der Waals surface area contributed by atoms with E-state index in [4.69, 9.17) is 4.74 Å². The zero-order valence-electron chi connectivity index (χ0n) is 8.07. The summed E-state index contributed by atoms with van der Waals surface area (Å²) in [6, 6.07) is 0. The molecule has 0 aromatic carbocycles. The summed E-state index contributed by atoms with van der Waals surface area (Å²) in [5.41, 5.74) is -0.521. The van der Waals surface area contributed by atoms with E-state index in [1.807, 2.05) is 27.7 Å². The highest BCUT2D eigenvalue weighted by atomic mass is 79.9. The molecule has 0 spiro atoms. The van der Waals surface area contributed by atoms with Crippen LogP contribution in [-0.2, 0) is 4.74 Å². The summed E-state index contributed by atoms with van der Waals surface area (Å²) in [6.45, 7) is 8.13. The van der Waals surface area contributed by atoms with E-state index in [-0.39, 0.29) is 18.7 Å². The highest BCUT2D eigenvalue weighted by Gasteiger charge is 2.36. The Kier molecular flexibility index (Phi) is 6.05. The third kappa shape index (κ3) is 4.96. The van der Waals surface area contributed by atoms with Crippen molar-refractivity contribution >= 4 is 63.7 Å². The first-order valence-corrected chi connectivity index (χ1v) is 7.52. The Morgan fingerprint density at radius 3 is 1.15 bits per heavy atom. The predicted molar refractivity (Wildman–Crippen MR) is 72.5 cm³/mol. The summed E-state index contributed by atoms with van der Waals surface area (Å²) in [4.78, 5) is 0. The molecule has 0 rings (SSSR count). The van der Waals surface area contributed by atoms with Gasteiger partial charge in [0, 0.05) is 0 Å². The van der Waals surface area contributed by atoms with Crippen LogP contribution in [-0.4, -0.2) is 18.7 Å². The lowest BCUT2D eigenvalue weighted by molar-refractivity contribution is -0.101. The number of halogens is 4. The number of hydrogen-bond donors (Lipinski definition) is 0. The van der Waals surface area contributed by atoms with Crippen LogP contribution in [0.3, 0.4) is 0 Å². The lowest BCUT2D eigenvalue weighted by atomic mass is 10.1. The van der Waals surface area contributed by atoms with Gasteiger partial charge in [-0.15, -0.1) is 0 Å². The summed E-state index contributed by atoms with van der Waals surface area (Å²) in [6.07, 6.45) is 0. The van der Waals surface area contributed by atoms with Gasteiger partial charge in [0.25, 0.3) is 0 Å². The maximum atomic E-state index is 5.96. The first-order valence-electron chi connectivity index (χ1n) is 3.86. The van der Waals surface area contributed by atoms with E-state index in [0.717, 1.165) is 0 Å². The first-order chi connectivity index (χ1) is 5.59. The van der Waals surface area contributed by atoms with E-state index >= 15 is 0 Å². The summed E-state index contributed by atoms with van der Waals surface area (Å²) >= 11 is 13.8. The lowest BCUT2D eigenvalue weighted by Crippen LogP contribution is -2.44. The standard InChI is InChI=1S/C8H14Br4O/c1-7(2,5(9)10)13-8(3,4)6(11)12/h5-6H,1-4H3. The quantitative estimate of drug-likeness (QED) is 0.565. The van der Waals surface area contributed by atoms with Crippen LogP contribution >= 0.6 is 63.7 Å². The fraction of sp³-hybridized carbons (Fsp3) is 1.00. The monoisotopic (exact) mass is 442 g/mol. The molecule has 0 aromatic heterocycles. The van der Waals surface area contributed by atoms with Crippen LogP contribution in [0.2, 0.25) is 0 Å². The van der Waals surface area contributed by atoms with Gasteiger partial charge >= 0.3 is 0 Å². The topological polar surface area (TPSA) is 9.23 Å². The molecule has 1 nitrogen and oxygen atoms in total. The molecule has 0 aromatic rings. The molecule has 0 heterocycles. The highest BCUT2D eigenvalue weighted by molar-refractivity contribution is 9.25. The average Bonchev–Trinajstić information content (AvgIpc) is 1.83. The van der Waals surface area contributed by atoms with Gasteiger partial charge in [0.1, 0.15) is 0 Å². The van der Waals surface area contributed by atoms with Gasteiger partial charge in [-0.05, 0) is 27.7 Å². The Bertz CT molecular complexity index is 148. The Morgan fingerprint density at radius 2 is 1.00 bits per heavy atom. The SMILES string of the molecule is CC(C)(OC(C)(C)C(Br)Br)C(Br)Br. The van der Waals surface area contributed by atoms with E-state index in [9.17, 15) is 0 Å². The minimum absolute atomic E-state index is 0.130. The van der Waals surface area contributed by atoms with E-state index in [1.54, 1.807) is 0 Å². The molecule has 0 N–H and O–H groups in total. The normalized spacial score (nSPS) is 14.3. The second-order valence-electron chi connectivity index (χ2n) is 3.91. The molecule has 80 valence electrons. The third-order valence-corrected chi connectivity index (χ3v) is 5.99. The fourth-order valence-electron chi connectivity index (χ4n) is 0.767. The van der Waals surface area contributed by atoms with Crippen LogP contribution in [0.4, 0.5) is 0 Å². The zero-order valence-corrected chi connectivity index (χ0v) is 14.4. The summed E-state index contributed by atoms with van der Waals surface area (Å²) < 4.78 is 6.22. The molecule has 0 saturated heterocycles. The lowest BCUT2D eigenvalue weighted by Gasteiger charge is -2.38. The molecule has 0 fully saturated rings. The van der Waals surface area contributed by atoms with Crippen molar-refractivity contribution in [2.75, 3.05) is 0 Å². The maximum absolute atomic E-state index is 5.96. The van der Waals surface area contributed by atoms with Gasteiger partial charge in [0.2, 0.25) is 0 Å². The number of ether oxygens (including phenoxy) is 1. The van der Waals surface area contributed by atoms with Crippen molar-refractivity contribution < 1.29 is 4.74 Å². The van der Waals surface area contributed by atoms with Crippen LogP contribution in [0.1, 0.15) is 27.7 Å². The number of alkyl halides is 4. The zero-order chi connectivity index (χ0) is 10.9.